The number of ether oxygens (including phenoxy) is 1. The molecule has 0 heterocycles. The van der Waals surface area contributed by atoms with E-state index in [0.29, 0.717) is 18.7 Å². The number of nitrogens with one attached hydrogen (secondary N) is 1. The molecule has 1 aliphatic carbocycles. The highest BCUT2D eigenvalue weighted by atomic mass is 19.1. The molecule has 1 fully saturated rings. The van der Waals surface area contributed by atoms with Gasteiger partial charge in [0, 0.05) is 18.7 Å². The van der Waals surface area contributed by atoms with Gasteiger partial charge in [0.1, 0.15) is 5.82 Å². The van der Waals surface area contributed by atoms with E-state index in [1.165, 1.54) is 6.07 Å². The Labute approximate surface area is 118 Å². The molecule has 5 heteroatoms. The van der Waals surface area contributed by atoms with Crippen molar-refractivity contribution in [1.29, 1.82) is 0 Å². The molecule has 0 spiro atoms. The Kier molecular flexibility index (Phi) is 5.48. The second-order valence-corrected chi connectivity index (χ2v) is 5.47. The van der Waals surface area contributed by atoms with Crippen LogP contribution in [0.3, 0.4) is 0 Å². The molecule has 0 aromatic heterocycles. The van der Waals surface area contributed by atoms with Gasteiger partial charge in [-0.3, -0.25) is 0 Å². The lowest BCUT2D eigenvalue weighted by molar-refractivity contribution is -0.0352. The second-order valence-electron chi connectivity index (χ2n) is 5.47. The van der Waals surface area contributed by atoms with Crippen LogP contribution in [-0.4, -0.2) is 41.6 Å². The minimum atomic E-state index is -0.662. The minimum absolute atomic E-state index is 0.139. The molecule has 1 aromatic carbocycles. The van der Waals surface area contributed by atoms with Crippen LogP contribution >= 0.6 is 0 Å². The summed E-state index contributed by atoms with van der Waals surface area (Å²) in [7, 11) is 0. The number of hydrogen-bond donors (Lipinski definition) is 3. The highest BCUT2D eigenvalue weighted by Crippen LogP contribution is 2.30. The molecule has 112 valence electrons. The molecule has 1 aromatic rings. The number of hydrogen-bond acceptors (Lipinski definition) is 4. The molecular formula is C15H22FNO3. The van der Waals surface area contributed by atoms with Crippen molar-refractivity contribution in [2.75, 3.05) is 19.7 Å². The van der Waals surface area contributed by atoms with E-state index in [4.69, 9.17) is 4.74 Å². The Bertz CT molecular complexity index is 423. The molecule has 1 unspecified atom stereocenters. The van der Waals surface area contributed by atoms with E-state index in [-0.39, 0.29) is 19.0 Å². The maximum Gasteiger partial charge on any atom is 0.128 e. The molecule has 1 atom stereocenters. The molecule has 0 radical (unpaired) electrons. The van der Waals surface area contributed by atoms with Gasteiger partial charge in [0.05, 0.1) is 24.9 Å². The fraction of sp³-hybridized carbons (Fsp3) is 0.600. The van der Waals surface area contributed by atoms with Crippen molar-refractivity contribution in [2.24, 2.45) is 0 Å². The zero-order valence-corrected chi connectivity index (χ0v) is 11.5. The van der Waals surface area contributed by atoms with Crippen LogP contribution in [0.4, 0.5) is 4.39 Å². The summed E-state index contributed by atoms with van der Waals surface area (Å²) in [5.41, 5.74) is -0.107. The van der Waals surface area contributed by atoms with E-state index in [1.807, 2.05) is 0 Å². The van der Waals surface area contributed by atoms with Crippen LogP contribution in [0, 0.1) is 5.82 Å². The summed E-state index contributed by atoms with van der Waals surface area (Å²) in [5, 5.41) is 22.6. The molecule has 1 saturated carbocycles. The highest BCUT2D eigenvalue weighted by molar-refractivity contribution is 5.16. The van der Waals surface area contributed by atoms with Crippen molar-refractivity contribution in [1.82, 2.24) is 5.32 Å². The summed E-state index contributed by atoms with van der Waals surface area (Å²) in [6, 6.07) is 6.42. The fourth-order valence-corrected chi connectivity index (χ4v) is 2.21. The summed E-state index contributed by atoms with van der Waals surface area (Å²) in [6.45, 7) is 1.14. The topological polar surface area (TPSA) is 61.7 Å². The van der Waals surface area contributed by atoms with E-state index in [2.05, 4.69) is 5.32 Å². The third-order valence-corrected chi connectivity index (χ3v) is 3.64. The summed E-state index contributed by atoms with van der Waals surface area (Å²) < 4.78 is 18.6. The van der Waals surface area contributed by atoms with E-state index in [0.717, 1.165) is 19.3 Å². The van der Waals surface area contributed by atoms with Crippen molar-refractivity contribution in [2.45, 2.75) is 37.6 Å². The second kappa shape index (κ2) is 7.13. The van der Waals surface area contributed by atoms with Gasteiger partial charge in [-0.25, -0.2) is 4.39 Å². The summed E-state index contributed by atoms with van der Waals surface area (Å²) in [6.07, 6.45) is 2.04. The van der Waals surface area contributed by atoms with Crippen LogP contribution in [0.2, 0.25) is 0 Å². The SMILES string of the molecule is OC(CNCC1(O)CCC1)COCc1ccccc1F. The molecule has 20 heavy (non-hydrogen) atoms. The molecule has 0 amide bonds. The smallest absolute Gasteiger partial charge is 0.128 e. The molecule has 3 N–H and O–H groups in total. The van der Waals surface area contributed by atoms with Crippen LogP contribution in [-0.2, 0) is 11.3 Å². The van der Waals surface area contributed by atoms with Gasteiger partial charge in [0.15, 0.2) is 0 Å². The predicted molar refractivity (Wildman–Crippen MR) is 73.7 cm³/mol. The van der Waals surface area contributed by atoms with Crippen LogP contribution < -0.4 is 5.32 Å². The van der Waals surface area contributed by atoms with Crippen molar-refractivity contribution in [3.63, 3.8) is 0 Å². The first kappa shape index (κ1) is 15.4. The molecule has 0 bridgehead atoms. The van der Waals surface area contributed by atoms with Gasteiger partial charge < -0.3 is 20.3 Å². The number of aliphatic hydroxyl groups is 2. The number of aliphatic hydroxyl groups excluding tert-OH is 1. The molecule has 0 aliphatic heterocycles. The molecule has 2 rings (SSSR count). The fourth-order valence-electron chi connectivity index (χ4n) is 2.21. The number of benzene rings is 1. The van der Waals surface area contributed by atoms with Crippen molar-refractivity contribution in [3.8, 4) is 0 Å². The van der Waals surface area contributed by atoms with Gasteiger partial charge in [0.25, 0.3) is 0 Å². The van der Waals surface area contributed by atoms with Gasteiger partial charge in [-0.1, -0.05) is 18.2 Å². The first-order chi connectivity index (χ1) is 9.59. The average Bonchev–Trinajstić information content (AvgIpc) is 2.39. The third kappa shape index (κ3) is 4.52. The van der Waals surface area contributed by atoms with Crippen LogP contribution in [0.25, 0.3) is 0 Å². The molecule has 1 aliphatic rings. The summed E-state index contributed by atoms with van der Waals surface area (Å²) in [5.74, 6) is -0.299. The average molecular weight is 283 g/mol. The normalized spacial score (nSPS) is 18.6. The minimum Gasteiger partial charge on any atom is -0.389 e. The molecular weight excluding hydrogens is 261 g/mol. The monoisotopic (exact) mass is 283 g/mol. The van der Waals surface area contributed by atoms with Crippen LogP contribution in [0.5, 0.6) is 0 Å². The third-order valence-electron chi connectivity index (χ3n) is 3.64. The predicted octanol–water partition coefficient (Wildman–Crippen LogP) is 1.21. The first-order valence-corrected chi connectivity index (χ1v) is 7.01. The van der Waals surface area contributed by atoms with Gasteiger partial charge >= 0.3 is 0 Å². The zero-order chi connectivity index (χ0) is 14.4. The number of rotatable bonds is 8. The molecule has 0 saturated heterocycles. The standard InChI is InChI=1S/C15H22FNO3/c16-14-5-2-1-4-12(14)9-20-10-13(18)8-17-11-15(19)6-3-7-15/h1-2,4-5,13,17-19H,3,6-11H2. The van der Waals surface area contributed by atoms with Gasteiger partial charge in [-0.15, -0.1) is 0 Å². The molecule has 4 nitrogen and oxygen atoms in total. The first-order valence-electron chi connectivity index (χ1n) is 7.01. The van der Waals surface area contributed by atoms with E-state index >= 15 is 0 Å². The quantitative estimate of drug-likeness (QED) is 0.671. The van der Waals surface area contributed by atoms with Crippen molar-refractivity contribution < 1.29 is 19.3 Å². The van der Waals surface area contributed by atoms with Gasteiger partial charge in [-0.05, 0) is 25.3 Å². The number of halogens is 1. The van der Waals surface area contributed by atoms with Crippen LogP contribution in [0.15, 0.2) is 24.3 Å². The largest absolute Gasteiger partial charge is 0.389 e. The Morgan fingerprint density at radius 1 is 1.35 bits per heavy atom. The lowest BCUT2D eigenvalue weighted by Crippen LogP contribution is -2.48. The highest BCUT2D eigenvalue weighted by Gasteiger charge is 2.33. The Morgan fingerprint density at radius 3 is 2.75 bits per heavy atom. The Hall–Kier alpha value is -1.01. The lowest BCUT2D eigenvalue weighted by Gasteiger charge is -2.36. The zero-order valence-electron chi connectivity index (χ0n) is 11.5. The van der Waals surface area contributed by atoms with Gasteiger partial charge in [0.2, 0.25) is 0 Å². The van der Waals surface area contributed by atoms with Crippen LogP contribution in [0.1, 0.15) is 24.8 Å². The summed E-state index contributed by atoms with van der Waals surface area (Å²) >= 11 is 0. The van der Waals surface area contributed by atoms with E-state index in [1.54, 1.807) is 18.2 Å². The summed E-state index contributed by atoms with van der Waals surface area (Å²) in [4.78, 5) is 0. The van der Waals surface area contributed by atoms with E-state index < -0.39 is 11.7 Å². The van der Waals surface area contributed by atoms with Crippen molar-refractivity contribution >= 4 is 0 Å². The maximum atomic E-state index is 13.3. The van der Waals surface area contributed by atoms with Crippen molar-refractivity contribution in [3.05, 3.63) is 35.6 Å². The Balaban J connectivity index is 1.58. The maximum absolute atomic E-state index is 13.3. The Morgan fingerprint density at radius 2 is 2.10 bits per heavy atom. The van der Waals surface area contributed by atoms with E-state index in [9.17, 15) is 14.6 Å². The lowest BCUT2D eigenvalue weighted by atomic mass is 9.80. The van der Waals surface area contributed by atoms with Gasteiger partial charge in [-0.2, -0.15) is 0 Å².